The molecule has 0 aromatic heterocycles. The van der Waals surface area contributed by atoms with Crippen LogP contribution < -0.4 is 5.32 Å². The summed E-state index contributed by atoms with van der Waals surface area (Å²) in [5.41, 5.74) is 0. The van der Waals surface area contributed by atoms with Crippen molar-refractivity contribution in [1.29, 1.82) is 0 Å². The molecule has 8 heteroatoms. The third-order valence-corrected chi connectivity index (χ3v) is 2.51. The predicted molar refractivity (Wildman–Crippen MR) is 79.9 cm³/mol. The fraction of sp³-hybridized carbons (Fsp3) is 0.929. The smallest absolute Gasteiger partial charge is 0.122 e. The predicted octanol–water partition coefficient (Wildman–Crippen LogP) is -1.42. The zero-order valence-corrected chi connectivity index (χ0v) is 13.1. The van der Waals surface area contributed by atoms with E-state index in [2.05, 4.69) is 5.32 Å². The topological polar surface area (TPSA) is 106 Å². The summed E-state index contributed by atoms with van der Waals surface area (Å²) in [5.74, 6) is 0. The molecule has 0 saturated heterocycles. The number of carbonyl (C=O) groups is 1. The average Bonchev–Trinajstić information content (AvgIpc) is 2.54. The van der Waals surface area contributed by atoms with E-state index in [1.54, 1.807) is 0 Å². The lowest BCUT2D eigenvalue weighted by molar-refractivity contribution is -0.108. The summed E-state index contributed by atoms with van der Waals surface area (Å²) in [6, 6.07) is 0. The van der Waals surface area contributed by atoms with Crippen LogP contribution in [0.25, 0.3) is 0 Å². The highest BCUT2D eigenvalue weighted by Gasteiger charge is 1.99. The van der Waals surface area contributed by atoms with Crippen LogP contribution in [0.3, 0.4) is 0 Å². The van der Waals surface area contributed by atoms with E-state index in [9.17, 15) is 4.79 Å². The molecule has 3 N–H and O–H groups in total. The molecule has 0 aromatic carbocycles. The lowest BCUT2D eigenvalue weighted by Crippen LogP contribution is -2.31. The van der Waals surface area contributed by atoms with E-state index in [4.69, 9.17) is 29.2 Å². The SMILES string of the molecule is O=CCCOCCOCCOCCOCCNCC(O)CO. The molecule has 1 atom stereocenters. The fourth-order valence-corrected chi connectivity index (χ4v) is 1.37. The van der Waals surface area contributed by atoms with Gasteiger partial charge in [0.2, 0.25) is 0 Å². The molecular weight excluding hydrogens is 294 g/mol. The summed E-state index contributed by atoms with van der Waals surface area (Å²) in [4.78, 5) is 10.0. The summed E-state index contributed by atoms with van der Waals surface area (Å²) in [5, 5.41) is 20.6. The molecule has 0 rings (SSSR count). The van der Waals surface area contributed by atoms with Gasteiger partial charge in [-0.2, -0.15) is 0 Å². The number of rotatable bonds is 18. The molecule has 0 aliphatic rings. The van der Waals surface area contributed by atoms with Crippen molar-refractivity contribution in [3.05, 3.63) is 0 Å². The molecule has 0 radical (unpaired) electrons. The number of carbonyl (C=O) groups excluding carboxylic acids is 1. The van der Waals surface area contributed by atoms with Gasteiger partial charge in [-0.15, -0.1) is 0 Å². The average molecular weight is 323 g/mol. The highest BCUT2D eigenvalue weighted by molar-refractivity contribution is 5.49. The van der Waals surface area contributed by atoms with Gasteiger partial charge in [0, 0.05) is 19.5 Å². The van der Waals surface area contributed by atoms with Crippen LogP contribution in [0, 0.1) is 0 Å². The lowest BCUT2D eigenvalue weighted by Gasteiger charge is -2.09. The summed E-state index contributed by atoms with van der Waals surface area (Å²) in [7, 11) is 0. The number of aldehydes is 1. The standard InChI is InChI=1S/C14H29NO7/c16-3-1-4-19-6-8-21-10-11-22-9-7-20-5-2-15-12-14(18)13-17/h3,14-15,17-18H,1-2,4-13H2. The van der Waals surface area contributed by atoms with Crippen molar-refractivity contribution in [3.63, 3.8) is 0 Å². The molecular formula is C14H29NO7. The Balaban J connectivity index is 2.98. The van der Waals surface area contributed by atoms with Gasteiger partial charge >= 0.3 is 0 Å². The van der Waals surface area contributed by atoms with Gasteiger partial charge in [0.25, 0.3) is 0 Å². The highest BCUT2D eigenvalue weighted by Crippen LogP contribution is 1.84. The van der Waals surface area contributed by atoms with Crippen LogP contribution in [0.2, 0.25) is 0 Å². The Labute approximate surface area is 131 Å². The van der Waals surface area contributed by atoms with Crippen molar-refractivity contribution in [2.24, 2.45) is 0 Å². The molecule has 0 amide bonds. The molecule has 0 spiro atoms. The summed E-state index contributed by atoms with van der Waals surface area (Å²) in [6.45, 7) is 4.66. The number of aliphatic hydroxyl groups is 2. The Hall–Kier alpha value is -0.610. The van der Waals surface area contributed by atoms with Crippen LogP contribution in [0.15, 0.2) is 0 Å². The zero-order valence-electron chi connectivity index (χ0n) is 13.1. The van der Waals surface area contributed by atoms with E-state index in [-0.39, 0.29) is 6.61 Å². The third kappa shape index (κ3) is 17.4. The maximum atomic E-state index is 10.0. The second kappa shape index (κ2) is 18.4. The first-order chi connectivity index (χ1) is 10.8. The Morgan fingerprint density at radius 2 is 1.36 bits per heavy atom. The molecule has 8 nitrogen and oxygen atoms in total. The maximum absolute atomic E-state index is 10.0. The van der Waals surface area contributed by atoms with Crippen LogP contribution in [0.5, 0.6) is 0 Å². The number of ether oxygens (including phenoxy) is 4. The Bertz CT molecular complexity index is 231. The van der Waals surface area contributed by atoms with Crippen molar-refractivity contribution < 1.29 is 34.0 Å². The second-order valence-electron chi connectivity index (χ2n) is 4.45. The summed E-state index contributed by atoms with van der Waals surface area (Å²) < 4.78 is 21.0. The third-order valence-electron chi connectivity index (χ3n) is 2.51. The first kappa shape index (κ1) is 21.4. The Kier molecular flexibility index (Phi) is 17.9. The van der Waals surface area contributed by atoms with Crippen molar-refractivity contribution >= 4 is 6.29 Å². The van der Waals surface area contributed by atoms with Gasteiger partial charge in [0.1, 0.15) is 6.29 Å². The van der Waals surface area contributed by atoms with Crippen molar-refractivity contribution in [1.82, 2.24) is 5.32 Å². The molecule has 0 heterocycles. The minimum atomic E-state index is -0.723. The minimum Gasteiger partial charge on any atom is -0.394 e. The second-order valence-corrected chi connectivity index (χ2v) is 4.45. The summed E-state index contributed by atoms with van der Waals surface area (Å²) in [6.07, 6.45) is 0.519. The number of hydrogen-bond donors (Lipinski definition) is 3. The van der Waals surface area contributed by atoms with E-state index in [0.717, 1.165) is 6.29 Å². The molecule has 0 aliphatic carbocycles. The minimum absolute atomic E-state index is 0.241. The molecule has 1 unspecified atom stereocenters. The fourth-order valence-electron chi connectivity index (χ4n) is 1.37. The molecule has 22 heavy (non-hydrogen) atoms. The van der Waals surface area contributed by atoms with E-state index < -0.39 is 6.10 Å². The Morgan fingerprint density at radius 1 is 0.864 bits per heavy atom. The Morgan fingerprint density at radius 3 is 1.86 bits per heavy atom. The normalized spacial score (nSPS) is 12.5. The van der Waals surface area contributed by atoms with Crippen LogP contribution in [0.4, 0.5) is 0 Å². The van der Waals surface area contributed by atoms with Crippen molar-refractivity contribution in [3.8, 4) is 0 Å². The van der Waals surface area contributed by atoms with Gasteiger partial charge in [-0.1, -0.05) is 0 Å². The van der Waals surface area contributed by atoms with Gasteiger partial charge in [-0.25, -0.2) is 0 Å². The molecule has 0 aromatic rings. The van der Waals surface area contributed by atoms with E-state index >= 15 is 0 Å². The van der Waals surface area contributed by atoms with Crippen LogP contribution in [-0.4, -0.2) is 95.2 Å². The van der Waals surface area contributed by atoms with E-state index in [0.29, 0.717) is 72.4 Å². The van der Waals surface area contributed by atoms with E-state index in [1.165, 1.54) is 0 Å². The number of nitrogens with one attached hydrogen (secondary N) is 1. The first-order valence-corrected chi connectivity index (χ1v) is 7.55. The van der Waals surface area contributed by atoms with Crippen molar-refractivity contribution in [2.75, 3.05) is 72.6 Å². The first-order valence-electron chi connectivity index (χ1n) is 7.55. The molecule has 0 aliphatic heterocycles. The molecule has 132 valence electrons. The van der Waals surface area contributed by atoms with Gasteiger partial charge in [0.05, 0.1) is 65.6 Å². The van der Waals surface area contributed by atoms with Gasteiger partial charge in [-0.05, 0) is 0 Å². The van der Waals surface area contributed by atoms with Gasteiger partial charge in [0.15, 0.2) is 0 Å². The van der Waals surface area contributed by atoms with Crippen LogP contribution >= 0.6 is 0 Å². The van der Waals surface area contributed by atoms with E-state index in [1.807, 2.05) is 0 Å². The molecule has 0 fully saturated rings. The van der Waals surface area contributed by atoms with Crippen LogP contribution in [-0.2, 0) is 23.7 Å². The van der Waals surface area contributed by atoms with Crippen LogP contribution in [0.1, 0.15) is 6.42 Å². The zero-order chi connectivity index (χ0) is 16.3. The molecule has 0 bridgehead atoms. The van der Waals surface area contributed by atoms with Gasteiger partial charge in [-0.3, -0.25) is 0 Å². The quantitative estimate of drug-likeness (QED) is 0.209. The largest absolute Gasteiger partial charge is 0.394 e. The highest BCUT2D eigenvalue weighted by atomic mass is 16.6. The summed E-state index contributed by atoms with van der Waals surface area (Å²) >= 11 is 0. The number of aliphatic hydroxyl groups excluding tert-OH is 2. The monoisotopic (exact) mass is 323 g/mol. The lowest BCUT2D eigenvalue weighted by atomic mass is 10.4. The van der Waals surface area contributed by atoms with Gasteiger partial charge < -0.3 is 39.3 Å². The van der Waals surface area contributed by atoms with Crippen molar-refractivity contribution in [2.45, 2.75) is 12.5 Å². The maximum Gasteiger partial charge on any atom is 0.122 e. The number of hydrogen-bond acceptors (Lipinski definition) is 8. The molecule has 0 saturated carbocycles.